The number of hydrogen-bond donors (Lipinski definition) is 1. The molecule has 0 fully saturated rings. The molecule has 88 valence electrons. The van der Waals surface area contributed by atoms with Crippen LogP contribution in [0.5, 0.6) is 0 Å². The monoisotopic (exact) mass is 236 g/mol. The Bertz CT molecular complexity index is 683. The molecule has 0 spiro atoms. The number of fused-ring (bicyclic) bond motifs is 2. The van der Waals surface area contributed by atoms with E-state index in [1.165, 1.54) is 0 Å². The van der Waals surface area contributed by atoms with Gasteiger partial charge in [0, 0.05) is 5.39 Å². The molecule has 0 unspecified atom stereocenters. The maximum absolute atomic E-state index is 4.60. The van der Waals surface area contributed by atoms with E-state index in [2.05, 4.69) is 39.8 Å². The summed E-state index contributed by atoms with van der Waals surface area (Å²) in [6.45, 7) is 0.743. The molecule has 1 N–H and O–H groups in total. The summed E-state index contributed by atoms with van der Waals surface area (Å²) in [7, 11) is 0. The van der Waals surface area contributed by atoms with Crippen molar-refractivity contribution < 1.29 is 0 Å². The van der Waals surface area contributed by atoms with E-state index < -0.39 is 0 Å². The maximum atomic E-state index is 4.60. The summed E-state index contributed by atoms with van der Waals surface area (Å²) in [5, 5.41) is 11.2. The maximum Gasteiger partial charge on any atom is 0.110 e. The third-order valence-electron chi connectivity index (χ3n) is 3.25. The lowest BCUT2D eigenvalue weighted by atomic mass is 10.3. The van der Waals surface area contributed by atoms with Crippen molar-refractivity contribution in [2.45, 2.75) is 0 Å². The van der Waals surface area contributed by atoms with Gasteiger partial charge >= 0.3 is 0 Å². The van der Waals surface area contributed by atoms with Crippen LogP contribution in [0.1, 0.15) is 0 Å². The normalized spacial score (nSPS) is 13.7. The SMILES string of the molecule is c1ccc2c(c1)NCN2n1cc2ccccc2n1. The molecule has 0 amide bonds. The number of nitrogens with one attached hydrogen (secondary N) is 1. The molecule has 18 heavy (non-hydrogen) atoms. The van der Waals surface area contributed by atoms with Crippen molar-refractivity contribution >= 4 is 22.3 Å². The van der Waals surface area contributed by atoms with Crippen molar-refractivity contribution in [3.05, 3.63) is 54.7 Å². The van der Waals surface area contributed by atoms with Crippen LogP contribution >= 0.6 is 0 Å². The number of para-hydroxylation sites is 2. The Morgan fingerprint density at radius 3 is 2.78 bits per heavy atom. The lowest BCUT2D eigenvalue weighted by Crippen LogP contribution is -2.29. The summed E-state index contributed by atoms with van der Waals surface area (Å²) in [6.07, 6.45) is 2.05. The zero-order valence-electron chi connectivity index (χ0n) is 9.74. The smallest absolute Gasteiger partial charge is 0.110 e. The van der Waals surface area contributed by atoms with Gasteiger partial charge in [-0.25, -0.2) is 5.01 Å². The minimum Gasteiger partial charge on any atom is -0.364 e. The molecule has 0 radical (unpaired) electrons. The Morgan fingerprint density at radius 2 is 1.83 bits per heavy atom. The van der Waals surface area contributed by atoms with Gasteiger partial charge < -0.3 is 5.32 Å². The molecule has 1 aliphatic heterocycles. The minimum atomic E-state index is 0.743. The van der Waals surface area contributed by atoms with Gasteiger partial charge in [0.2, 0.25) is 0 Å². The second kappa shape index (κ2) is 3.50. The van der Waals surface area contributed by atoms with Crippen LogP contribution in [-0.2, 0) is 0 Å². The molecule has 4 nitrogen and oxygen atoms in total. The third-order valence-corrected chi connectivity index (χ3v) is 3.25. The van der Waals surface area contributed by atoms with Crippen molar-refractivity contribution in [1.29, 1.82) is 0 Å². The highest BCUT2D eigenvalue weighted by Gasteiger charge is 2.19. The fraction of sp³-hybridized carbons (Fsp3) is 0.0714. The van der Waals surface area contributed by atoms with E-state index in [0.717, 1.165) is 28.9 Å². The van der Waals surface area contributed by atoms with Crippen LogP contribution in [0.25, 0.3) is 10.9 Å². The largest absolute Gasteiger partial charge is 0.364 e. The first kappa shape index (κ1) is 9.53. The van der Waals surface area contributed by atoms with Gasteiger partial charge in [-0.2, -0.15) is 9.89 Å². The molecule has 0 atom stereocenters. The topological polar surface area (TPSA) is 33.1 Å². The first-order valence-electron chi connectivity index (χ1n) is 5.97. The van der Waals surface area contributed by atoms with E-state index in [9.17, 15) is 0 Å². The number of rotatable bonds is 1. The van der Waals surface area contributed by atoms with Gasteiger partial charge in [-0.15, -0.1) is 0 Å². The molecule has 1 aliphatic rings. The zero-order valence-corrected chi connectivity index (χ0v) is 9.74. The molecule has 2 aromatic carbocycles. The molecular weight excluding hydrogens is 224 g/mol. The molecule has 4 heteroatoms. The second-order valence-corrected chi connectivity index (χ2v) is 4.36. The molecule has 0 aliphatic carbocycles. The molecular formula is C14H12N4. The fourth-order valence-electron chi connectivity index (χ4n) is 2.35. The summed E-state index contributed by atoms with van der Waals surface area (Å²) >= 11 is 0. The lowest BCUT2D eigenvalue weighted by Gasteiger charge is -2.17. The average Bonchev–Trinajstić information content (AvgIpc) is 3.02. The summed E-state index contributed by atoms with van der Waals surface area (Å²) in [4.78, 5) is 1.91. The van der Waals surface area contributed by atoms with Gasteiger partial charge in [0.1, 0.15) is 6.67 Å². The van der Waals surface area contributed by atoms with Crippen LogP contribution in [0, 0.1) is 0 Å². The van der Waals surface area contributed by atoms with Crippen LogP contribution in [0.15, 0.2) is 54.7 Å². The van der Waals surface area contributed by atoms with Gasteiger partial charge in [0.15, 0.2) is 0 Å². The van der Waals surface area contributed by atoms with E-state index in [1.807, 2.05) is 35.1 Å². The summed E-state index contributed by atoms with van der Waals surface area (Å²) < 4.78 is 0. The highest BCUT2D eigenvalue weighted by Crippen LogP contribution is 2.31. The first-order valence-corrected chi connectivity index (χ1v) is 5.97. The number of aromatic nitrogens is 2. The highest BCUT2D eigenvalue weighted by atomic mass is 15.7. The summed E-state index contributed by atoms with van der Waals surface area (Å²) in [5.41, 5.74) is 3.32. The van der Waals surface area contributed by atoms with Crippen LogP contribution in [0.4, 0.5) is 11.4 Å². The van der Waals surface area contributed by atoms with Crippen molar-refractivity contribution in [2.75, 3.05) is 17.0 Å². The number of nitrogens with zero attached hydrogens (tertiary/aromatic N) is 3. The quantitative estimate of drug-likeness (QED) is 0.705. The summed E-state index contributed by atoms with van der Waals surface area (Å²) in [6, 6.07) is 16.4. The van der Waals surface area contributed by atoms with E-state index in [0.29, 0.717) is 0 Å². The van der Waals surface area contributed by atoms with Crippen molar-refractivity contribution in [2.24, 2.45) is 0 Å². The molecule has 0 saturated heterocycles. The Hall–Kier alpha value is -2.49. The zero-order chi connectivity index (χ0) is 11.9. The molecule has 2 heterocycles. The van der Waals surface area contributed by atoms with Crippen LogP contribution < -0.4 is 10.3 Å². The van der Waals surface area contributed by atoms with Gasteiger partial charge in [0.25, 0.3) is 0 Å². The van der Waals surface area contributed by atoms with E-state index in [4.69, 9.17) is 0 Å². The number of hydrogen-bond acceptors (Lipinski definition) is 3. The lowest BCUT2D eigenvalue weighted by molar-refractivity contribution is 0.656. The Labute approximate surface area is 104 Å². The van der Waals surface area contributed by atoms with Crippen LogP contribution in [0.2, 0.25) is 0 Å². The minimum absolute atomic E-state index is 0.743. The molecule has 3 aromatic rings. The number of anilines is 2. The van der Waals surface area contributed by atoms with E-state index in [-0.39, 0.29) is 0 Å². The average molecular weight is 236 g/mol. The Balaban J connectivity index is 1.85. The van der Waals surface area contributed by atoms with E-state index in [1.54, 1.807) is 0 Å². The molecule has 0 saturated carbocycles. The third kappa shape index (κ3) is 1.29. The van der Waals surface area contributed by atoms with Gasteiger partial charge in [-0.3, -0.25) is 0 Å². The highest BCUT2D eigenvalue weighted by molar-refractivity contribution is 5.79. The fourth-order valence-corrected chi connectivity index (χ4v) is 2.35. The van der Waals surface area contributed by atoms with Gasteiger partial charge in [-0.05, 0) is 18.2 Å². The van der Waals surface area contributed by atoms with Crippen LogP contribution in [0.3, 0.4) is 0 Å². The molecule has 1 aromatic heterocycles. The van der Waals surface area contributed by atoms with Crippen LogP contribution in [-0.4, -0.2) is 16.6 Å². The van der Waals surface area contributed by atoms with Gasteiger partial charge in [-0.1, -0.05) is 30.3 Å². The van der Waals surface area contributed by atoms with Crippen molar-refractivity contribution in [3.8, 4) is 0 Å². The van der Waals surface area contributed by atoms with E-state index >= 15 is 0 Å². The Morgan fingerprint density at radius 1 is 1.00 bits per heavy atom. The predicted molar refractivity (Wildman–Crippen MR) is 72.5 cm³/mol. The molecule has 0 bridgehead atoms. The second-order valence-electron chi connectivity index (χ2n) is 4.36. The Kier molecular flexibility index (Phi) is 1.85. The molecule has 4 rings (SSSR count). The van der Waals surface area contributed by atoms with Crippen molar-refractivity contribution in [1.82, 2.24) is 9.89 Å². The first-order chi connectivity index (χ1) is 8.92. The summed E-state index contributed by atoms with van der Waals surface area (Å²) in [5.74, 6) is 0. The van der Waals surface area contributed by atoms with Gasteiger partial charge in [0.05, 0.1) is 23.1 Å². The predicted octanol–water partition coefficient (Wildman–Crippen LogP) is 2.69. The number of benzene rings is 2. The van der Waals surface area contributed by atoms with Crippen molar-refractivity contribution in [3.63, 3.8) is 0 Å². The standard InChI is InChI=1S/C14H12N4/c1-2-6-12-11(5-1)9-18(16-12)17-10-15-13-7-3-4-8-14(13)17/h1-9,15H,10H2.